The summed E-state index contributed by atoms with van der Waals surface area (Å²) in [4.78, 5) is 24.1. The third-order valence-corrected chi connectivity index (χ3v) is 4.49. The first-order valence-corrected chi connectivity index (χ1v) is 9.33. The fourth-order valence-electron chi connectivity index (χ4n) is 2.63. The van der Waals surface area contributed by atoms with Gasteiger partial charge in [0.05, 0.1) is 23.3 Å². The van der Waals surface area contributed by atoms with E-state index in [4.69, 9.17) is 11.6 Å². The molecule has 1 aromatic heterocycles. The molecule has 28 heavy (non-hydrogen) atoms. The molecule has 0 saturated heterocycles. The quantitative estimate of drug-likeness (QED) is 0.658. The minimum absolute atomic E-state index is 0.0713. The number of aryl methyl sites for hydroxylation is 1. The van der Waals surface area contributed by atoms with E-state index in [-0.39, 0.29) is 11.8 Å². The van der Waals surface area contributed by atoms with Gasteiger partial charge in [-0.2, -0.15) is 5.10 Å². The largest absolute Gasteiger partial charge is 0.348 e. The lowest BCUT2D eigenvalue weighted by Gasteiger charge is -2.07. The third-order valence-electron chi connectivity index (χ3n) is 4.23. The molecule has 2 N–H and O–H groups in total. The van der Waals surface area contributed by atoms with Crippen LogP contribution in [0.15, 0.2) is 54.7 Å². The minimum atomic E-state index is -0.180. The maximum atomic E-state index is 12.5. The van der Waals surface area contributed by atoms with Crippen LogP contribution in [0.1, 0.15) is 35.0 Å². The second-order valence-electron chi connectivity index (χ2n) is 6.33. The maximum Gasteiger partial charge on any atom is 0.251 e. The standard InChI is InChI=1S/C21H21ClN4O2/c1-3-20(27)24-19-13-26(25-14(19)2)18-6-4-5-16(11-18)21(28)23-12-15-7-9-17(22)10-8-15/h4-11,13H,3,12H2,1-2H3,(H,23,28)(H,24,27). The van der Waals surface area contributed by atoms with Crippen molar-refractivity contribution in [1.29, 1.82) is 0 Å². The predicted octanol–water partition coefficient (Wildman–Crippen LogP) is 4.11. The van der Waals surface area contributed by atoms with Gasteiger partial charge < -0.3 is 10.6 Å². The molecular formula is C21H21ClN4O2. The summed E-state index contributed by atoms with van der Waals surface area (Å²) in [6, 6.07) is 14.5. The lowest BCUT2D eigenvalue weighted by molar-refractivity contribution is -0.115. The zero-order valence-corrected chi connectivity index (χ0v) is 16.5. The zero-order valence-electron chi connectivity index (χ0n) is 15.7. The normalized spacial score (nSPS) is 10.5. The molecule has 0 bridgehead atoms. The first kappa shape index (κ1) is 19.6. The second-order valence-corrected chi connectivity index (χ2v) is 6.77. The molecule has 0 saturated carbocycles. The Morgan fingerprint density at radius 1 is 1.14 bits per heavy atom. The Morgan fingerprint density at radius 2 is 1.89 bits per heavy atom. The van der Waals surface area contributed by atoms with Gasteiger partial charge in [0.15, 0.2) is 0 Å². The van der Waals surface area contributed by atoms with Gasteiger partial charge in [0.25, 0.3) is 5.91 Å². The molecule has 3 rings (SSSR count). The number of hydrogen-bond acceptors (Lipinski definition) is 3. The number of amides is 2. The molecule has 144 valence electrons. The number of carbonyl (C=O) groups excluding carboxylic acids is 2. The van der Waals surface area contributed by atoms with E-state index in [0.717, 1.165) is 11.3 Å². The number of rotatable bonds is 6. The lowest BCUT2D eigenvalue weighted by atomic mass is 10.1. The summed E-state index contributed by atoms with van der Waals surface area (Å²) in [7, 11) is 0. The summed E-state index contributed by atoms with van der Waals surface area (Å²) in [6.45, 7) is 4.03. The van der Waals surface area contributed by atoms with Crippen LogP contribution in [-0.4, -0.2) is 21.6 Å². The summed E-state index contributed by atoms with van der Waals surface area (Å²) >= 11 is 5.88. The molecule has 2 amide bonds. The second kappa shape index (κ2) is 8.71. The molecule has 0 unspecified atom stereocenters. The molecule has 0 aliphatic heterocycles. The van der Waals surface area contributed by atoms with E-state index < -0.39 is 0 Å². The summed E-state index contributed by atoms with van der Waals surface area (Å²) in [5, 5.41) is 10.8. The van der Waals surface area contributed by atoms with Gasteiger partial charge in [0.1, 0.15) is 0 Å². The van der Waals surface area contributed by atoms with E-state index in [9.17, 15) is 9.59 Å². The Hall–Kier alpha value is -3.12. The molecule has 0 aliphatic carbocycles. The Balaban J connectivity index is 1.73. The van der Waals surface area contributed by atoms with Crippen LogP contribution in [0.5, 0.6) is 0 Å². The van der Waals surface area contributed by atoms with E-state index in [0.29, 0.717) is 34.9 Å². The van der Waals surface area contributed by atoms with Crippen molar-refractivity contribution in [3.8, 4) is 5.69 Å². The number of hydrogen-bond donors (Lipinski definition) is 2. The van der Waals surface area contributed by atoms with E-state index in [1.807, 2.05) is 25.1 Å². The van der Waals surface area contributed by atoms with Gasteiger partial charge in [0.2, 0.25) is 5.91 Å². The highest BCUT2D eigenvalue weighted by Gasteiger charge is 2.11. The molecule has 0 spiro atoms. The van der Waals surface area contributed by atoms with Crippen molar-refractivity contribution in [2.24, 2.45) is 0 Å². The van der Waals surface area contributed by atoms with E-state index in [1.165, 1.54) is 0 Å². The van der Waals surface area contributed by atoms with Crippen molar-refractivity contribution in [3.63, 3.8) is 0 Å². The maximum absolute atomic E-state index is 12.5. The number of aromatic nitrogens is 2. The third kappa shape index (κ3) is 4.78. The van der Waals surface area contributed by atoms with Crippen LogP contribution in [0.2, 0.25) is 5.02 Å². The van der Waals surface area contributed by atoms with Crippen molar-refractivity contribution in [2.75, 3.05) is 5.32 Å². The molecule has 0 aliphatic rings. The molecule has 0 atom stereocenters. The number of anilines is 1. The van der Waals surface area contributed by atoms with Gasteiger partial charge in [0, 0.05) is 23.6 Å². The summed E-state index contributed by atoms with van der Waals surface area (Å²) in [5.41, 5.74) is 3.59. The molecule has 6 nitrogen and oxygen atoms in total. The Bertz CT molecular complexity index is 996. The van der Waals surface area contributed by atoms with Crippen LogP contribution in [0.25, 0.3) is 5.69 Å². The van der Waals surface area contributed by atoms with Crippen LogP contribution >= 0.6 is 11.6 Å². The monoisotopic (exact) mass is 396 g/mol. The average Bonchev–Trinajstić information content (AvgIpc) is 3.07. The highest BCUT2D eigenvalue weighted by atomic mass is 35.5. The number of halogens is 1. The highest BCUT2D eigenvalue weighted by molar-refractivity contribution is 6.30. The van der Waals surface area contributed by atoms with Crippen LogP contribution in [0.4, 0.5) is 5.69 Å². The Morgan fingerprint density at radius 3 is 2.61 bits per heavy atom. The molecule has 0 fully saturated rings. The molecule has 2 aromatic carbocycles. The minimum Gasteiger partial charge on any atom is -0.348 e. The highest BCUT2D eigenvalue weighted by Crippen LogP contribution is 2.18. The van der Waals surface area contributed by atoms with Gasteiger partial charge in [-0.15, -0.1) is 0 Å². The van der Waals surface area contributed by atoms with E-state index >= 15 is 0 Å². The molecule has 7 heteroatoms. The smallest absolute Gasteiger partial charge is 0.251 e. The number of nitrogens with zero attached hydrogens (tertiary/aromatic N) is 2. The topological polar surface area (TPSA) is 76.0 Å². The van der Waals surface area contributed by atoms with Crippen LogP contribution in [-0.2, 0) is 11.3 Å². The molecule has 3 aromatic rings. The van der Waals surface area contributed by atoms with Crippen LogP contribution < -0.4 is 10.6 Å². The van der Waals surface area contributed by atoms with Crippen molar-refractivity contribution in [1.82, 2.24) is 15.1 Å². The molecular weight excluding hydrogens is 376 g/mol. The number of benzene rings is 2. The zero-order chi connectivity index (χ0) is 20.1. The van der Waals surface area contributed by atoms with Gasteiger partial charge in [-0.05, 0) is 42.8 Å². The van der Waals surface area contributed by atoms with Crippen molar-refractivity contribution in [2.45, 2.75) is 26.8 Å². The lowest BCUT2D eigenvalue weighted by Crippen LogP contribution is -2.22. The van der Waals surface area contributed by atoms with Crippen LogP contribution in [0, 0.1) is 6.92 Å². The summed E-state index contributed by atoms with van der Waals surface area (Å²) in [5.74, 6) is -0.252. The first-order chi connectivity index (χ1) is 13.5. The fourth-order valence-corrected chi connectivity index (χ4v) is 2.76. The van der Waals surface area contributed by atoms with Crippen molar-refractivity contribution < 1.29 is 9.59 Å². The van der Waals surface area contributed by atoms with Gasteiger partial charge >= 0.3 is 0 Å². The molecule has 1 heterocycles. The predicted molar refractivity (Wildman–Crippen MR) is 110 cm³/mol. The van der Waals surface area contributed by atoms with Crippen molar-refractivity contribution >= 4 is 29.1 Å². The first-order valence-electron chi connectivity index (χ1n) is 8.95. The average molecular weight is 397 g/mol. The summed E-state index contributed by atoms with van der Waals surface area (Å²) < 4.78 is 1.65. The van der Waals surface area contributed by atoms with Crippen molar-refractivity contribution in [3.05, 3.63) is 76.6 Å². The fraction of sp³-hybridized carbons (Fsp3) is 0.190. The Labute approximate surface area is 168 Å². The SMILES string of the molecule is CCC(=O)Nc1cn(-c2cccc(C(=O)NCc3ccc(Cl)cc3)c2)nc1C. The van der Waals surface area contributed by atoms with E-state index in [2.05, 4.69) is 15.7 Å². The number of carbonyl (C=O) groups is 2. The van der Waals surface area contributed by atoms with Gasteiger partial charge in [-0.1, -0.05) is 36.7 Å². The van der Waals surface area contributed by atoms with E-state index in [1.54, 1.807) is 48.1 Å². The summed E-state index contributed by atoms with van der Waals surface area (Å²) in [6.07, 6.45) is 2.14. The number of nitrogens with one attached hydrogen (secondary N) is 2. The Kier molecular flexibility index (Phi) is 6.11. The van der Waals surface area contributed by atoms with Crippen LogP contribution in [0.3, 0.4) is 0 Å². The van der Waals surface area contributed by atoms with Gasteiger partial charge in [-0.25, -0.2) is 4.68 Å². The van der Waals surface area contributed by atoms with Gasteiger partial charge in [-0.3, -0.25) is 9.59 Å². The molecule has 0 radical (unpaired) electrons.